The summed E-state index contributed by atoms with van der Waals surface area (Å²) in [6.45, 7) is 6.60. The van der Waals surface area contributed by atoms with E-state index in [1.165, 1.54) is 0 Å². The third-order valence-electron chi connectivity index (χ3n) is 1.87. The van der Waals surface area contributed by atoms with Gasteiger partial charge in [0.2, 0.25) is 5.78 Å². The van der Waals surface area contributed by atoms with Crippen LogP contribution in [0.3, 0.4) is 0 Å². The summed E-state index contributed by atoms with van der Waals surface area (Å²) in [5.74, 6) is -3.09. The molecule has 0 spiro atoms. The van der Waals surface area contributed by atoms with Crippen LogP contribution in [0.1, 0.15) is 12.8 Å². The van der Waals surface area contributed by atoms with Gasteiger partial charge >= 0.3 is 5.97 Å². The second-order valence-corrected chi connectivity index (χ2v) is 10.4. The first kappa shape index (κ1) is 14.8. The van der Waals surface area contributed by atoms with Crippen LogP contribution in [-0.4, -0.2) is 32.4 Å². The molecule has 0 atom stereocenters. The number of Topliss-reactive ketones (excluding diaryl/α,β-unsaturated/α-hetero) is 1. The zero-order valence-corrected chi connectivity index (χ0v) is 10.9. The number of carboxylic acid groups (broad SMARTS) is 1. The molecule has 0 saturated carbocycles. The predicted molar refractivity (Wildman–Crippen MR) is 58.4 cm³/mol. The maximum absolute atomic E-state index is 11.1. The Kier molecular flexibility index (Phi) is 5.95. The number of carboxylic acids is 1. The summed E-state index contributed by atoms with van der Waals surface area (Å²) in [6.07, 6.45) is -0.796. The van der Waals surface area contributed by atoms with Crippen LogP contribution in [0.2, 0.25) is 25.7 Å². The van der Waals surface area contributed by atoms with Gasteiger partial charge in [0.1, 0.15) is 0 Å². The Morgan fingerprint density at radius 1 is 1.12 bits per heavy atom. The quantitative estimate of drug-likeness (QED) is 0.357. The highest BCUT2D eigenvalue weighted by molar-refractivity contribution is 6.76. The van der Waals surface area contributed by atoms with Gasteiger partial charge in [0, 0.05) is 20.5 Å². The molecule has 0 saturated heterocycles. The first-order chi connectivity index (χ1) is 7.22. The van der Waals surface area contributed by atoms with Crippen molar-refractivity contribution in [2.75, 3.05) is 6.61 Å². The lowest BCUT2D eigenvalue weighted by Gasteiger charge is -2.14. The fourth-order valence-corrected chi connectivity index (χ4v) is 1.56. The molecule has 6 heteroatoms. The maximum atomic E-state index is 11.1. The molecular formula is C10H17O5Si-. The lowest BCUT2D eigenvalue weighted by atomic mass is 10.2. The Bertz CT molecular complexity index is 279. The number of ketones is 1. The third kappa shape index (κ3) is 8.16. The molecule has 0 bridgehead atoms. The van der Waals surface area contributed by atoms with Crippen LogP contribution in [0.25, 0.3) is 0 Å². The van der Waals surface area contributed by atoms with E-state index in [0.717, 1.165) is 6.04 Å². The number of ether oxygens (including phenoxy) is 1. The molecule has 5 nitrogen and oxygen atoms in total. The number of rotatable bonds is 7. The van der Waals surface area contributed by atoms with Crippen molar-refractivity contribution < 1.29 is 24.2 Å². The Morgan fingerprint density at radius 2 is 1.69 bits per heavy atom. The lowest BCUT2D eigenvalue weighted by Crippen LogP contribution is -2.27. The van der Waals surface area contributed by atoms with Crippen LogP contribution in [0, 0.1) is 0 Å². The van der Waals surface area contributed by atoms with Crippen LogP contribution >= 0.6 is 0 Å². The van der Waals surface area contributed by atoms with Crippen molar-refractivity contribution in [3.63, 3.8) is 0 Å². The summed E-state index contributed by atoms with van der Waals surface area (Å²) >= 11 is 0. The summed E-state index contributed by atoms with van der Waals surface area (Å²) in [5.41, 5.74) is 0. The number of carbonyl (C=O) groups excluding carboxylic acids is 3. The van der Waals surface area contributed by atoms with Crippen molar-refractivity contribution in [2.45, 2.75) is 38.5 Å². The SMILES string of the molecule is C[Si](C)(C)CCOC(=O)C(=O)CCC(=O)[O-]. The van der Waals surface area contributed by atoms with Gasteiger partial charge in [-0.2, -0.15) is 0 Å². The Morgan fingerprint density at radius 3 is 2.12 bits per heavy atom. The van der Waals surface area contributed by atoms with E-state index < -0.39 is 32.2 Å². The van der Waals surface area contributed by atoms with Crippen LogP contribution < -0.4 is 5.11 Å². The highest BCUT2D eigenvalue weighted by Gasteiger charge is 2.17. The van der Waals surface area contributed by atoms with E-state index in [4.69, 9.17) is 4.74 Å². The van der Waals surface area contributed by atoms with E-state index in [1.807, 2.05) is 0 Å². The van der Waals surface area contributed by atoms with Gasteiger partial charge in [-0.15, -0.1) is 0 Å². The first-order valence-corrected chi connectivity index (χ1v) is 8.83. The second-order valence-electron chi connectivity index (χ2n) is 4.74. The number of carbonyl (C=O) groups is 3. The van der Waals surface area contributed by atoms with Gasteiger partial charge in [-0.3, -0.25) is 4.79 Å². The van der Waals surface area contributed by atoms with Gasteiger partial charge in [0.25, 0.3) is 0 Å². The Hall–Kier alpha value is -1.17. The molecule has 0 amide bonds. The van der Waals surface area contributed by atoms with Gasteiger partial charge in [0.05, 0.1) is 6.61 Å². The molecule has 16 heavy (non-hydrogen) atoms. The average Bonchev–Trinajstić information content (AvgIpc) is 2.11. The van der Waals surface area contributed by atoms with Crippen molar-refractivity contribution in [2.24, 2.45) is 0 Å². The summed E-state index contributed by atoms with van der Waals surface area (Å²) in [4.78, 5) is 32.2. The largest absolute Gasteiger partial charge is 0.550 e. The summed E-state index contributed by atoms with van der Waals surface area (Å²) < 4.78 is 4.75. The standard InChI is InChI=1S/C10H18O5Si/c1-16(2,3)7-6-15-10(14)8(11)4-5-9(12)13/h4-7H2,1-3H3,(H,12,13)/p-1. The smallest absolute Gasteiger partial charge is 0.374 e. The maximum Gasteiger partial charge on any atom is 0.374 e. The van der Waals surface area contributed by atoms with Crippen LogP contribution in [-0.2, 0) is 19.1 Å². The van der Waals surface area contributed by atoms with E-state index in [-0.39, 0.29) is 13.0 Å². The molecule has 0 radical (unpaired) electrons. The van der Waals surface area contributed by atoms with E-state index in [9.17, 15) is 19.5 Å². The van der Waals surface area contributed by atoms with Gasteiger partial charge in [-0.05, 0) is 12.5 Å². The minimum atomic E-state index is -1.34. The lowest BCUT2D eigenvalue weighted by molar-refractivity contribution is -0.305. The first-order valence-electron chi connectivity index (χ1n) is 5.12. The van der Waals surface area contributed by atoms with Crippen molar-refractivity contribution in [3.8, 4) is 0 Å². The van der Waals surface area contributed by atoms with Gasteiger partial charge in [-0.1, -0.05) is 19.6 Å². The third-order valence-corrected chi connectivity index (χ3v) is 3.57. The number of hydrogen-bond donors (Lipinski definition) is 0. The molecule has 0 aromatic rings. The fourth-order valence-electron chi connectivity index (χ4n) is 0.848. The number of esters is 1. The topological polar surface area (TPSA) is 83.5 Å². The van der Waals surface area contributed by atoms with Crippen molar-refractivity contribution in [1.82, 2.24) is 0 Å². The minimum Gasteiger partial charge on any atom is -0.550 e. The molecule has 0 aliphatic rings. The number of hydrogen-bond acceptors (Lipinski definition) is 5. The molecule has 0 N–H and O–H groups in total. The van der Waals surface area contributed by atoms with Crippen LogP contribution in [0.4, 0.5) is 0 Å². The Balaban J connectivity index is 3.80. The van der Waals surface area contributed by atoms with E-state index in [2.05, 4.69) is 19.6 Å². The molecule has 92 valence electrons. The zero-order valence-electron chi connectivity index (χ0n) is 9.87. The van der Waals surface area contributed by atoms with E-state index in [0.29, 0.717) is 0 Å². The Labute approximate surface area is 95.8 Å². The monoisotopic (exact) mass is 245 g/mol. The molecule has 0 aliphatic carbocycles. The van der Waals surface area contributed by atoms with Crippen molar-refractivity contribution >= 4 is 25.8 Å². The van der Waals surface area contributed by atoms with Crippen LogP contribution in [0.15, 0.2) is 0 Å². The number of aliphatic carboxylic acids is 1. The van der Waals surface area contributed by atoms with Crippen LogP contribution in [0.5, 0.6) is 0 Å². The predicted octanol–water partition coefficient (Wildman–Crippen LogP) is -0.0330. The molecule has 0 unspecified atom stereocenters. The van der Waals surface area contributed by atoms with Crippen molar-refractivity contribution in [1.29, 1.82) is 0 Å². The fraction of sp³-hybridized carbons (Fsp3) is 0.700. The van der Waals surface area contributed by atoms with Gasteiger partial charge < -0.3 is 14.6 Å². The summed E-state index contributed by atoms with van der Waals surface area (Å²) in [5, 5.41) is 10.1. The second kappa shape index (κ2) is 6.42. The molecule has 0 fully saturated rings. The normalized spacial score (nSPS) is 10.9. The molecule has 0 heterocycles. The van der Waals surface area contributed by atoms with E-state index >= 15 is 0 Å². The highest BCUT2D eigenvalue weighted by atomic mass is 28.3. The minimum absolute atomic E-state index is 0.228. The highest BCUT2D eigenvalue weighted by Crippen LogP contribution is 2.07. The summed E-state index contributed by atoms with van der Waals surface area (Å²) in [6, 6.07) is 0.784. The molecule has 0 aromatic heterocycles. The molecular weight excluding hydrogens is 228 g/mol. The molecule has 0 aliphatic heterocycles. The molecule has 0 rings (SSSR count). The summed E-state index contributed by atoms with van der Waals surface area (Å²) in [7, 11) is -1.29. The van der Waals surface area contributed by atoms with E-state index in [1.54, 1.807) is 0 Å². The van der Waals surface area contributed by atoms with Gasteiger partial charge in [0.15, 0.2) is 0 Å². The zero-order chi connectivity index (χ0) is 12.8. The van der Waals surface area contributed by atoms with Gasteiger partial charge in [-0.25, -0.2) is 4.79 Å². The van der Waals surface area contributed by atoms with Crippen molar-refractivity contribution in [3.05, 3.63) is 0 Å². The molecule has 0 aromatic carbocycles. The average molecular weight is 245 g/mol.